The first-order chi connectivity index (χ1) is 10.7. The third-order valence-electron chi connectivity index (χ3n) is 3.40. The summed E-state index contributed by atoms with van der Waals surface area (Å²) < 4.78 is 33.9. The Balaban J connectivity index is 2.33. The minimum Gasteiger partial charge on any atom is -0.461 e. The van der Waals surface area contributed by atoms with Gasteiger partial charge in [0.05, 0.1) is 12.3 Å². The van der Waals surface area contributed by atoms with Gasteiger partial charge >= 0.3 is 5.97 Å². The van der Waals surface area contributed by atoms with Crippen molar-refractivity contribution in [1.29, 1.82) is 0 Å². The molecule has 0 radical (unpaired) electrons. The Morgan fingerprint density at radius 3 is 2.57 bits per heavy atom. The van der Waals surface area contributed by atoms with Gasteiger partial charge < -0.3 is 9.30 Å². The highest BCUT2D eigenvalue weighted by molar-refractivity contribution is 7.92. The molecule has 0 bridgehead atoms. The number of anilines is 1. The summed E-state index contributed by atoms with van der Waals surface area (Å²) in [6, 6.07) is 6.76. The molecule has 1 aromatic carbocycles. The quantitative estimate of drug-likeness (QED) is 0.852. The number of esters is 1. The lowest BCUT2D eigenvalue weighted by atomic mass is 10.1. The fraction of sp³-hybridized carbons (Fsp3) is 0.312. The Kier molecular flexibility index (Phi) is 4.79. The number of aryl methyl sites for hydroxylation is 3. The van der Waals surface area contributed by atoms with E-state index in [-0.39, 0.29) is 17.2 Å². The second-order valence-corrected chi connectivity index (χ2v) is 7.00. The van der Waals surface area contributed by atoms with Crippen LogP contribution in [0, 0.1) is 13.8 Å². The molecule has 1 aromatic heterocycles. The SMILES string of the molecule is CCOC(=O)c1cc(S(=O)(=O)Nc2ccc(C)cc2C)cn1C. The molecular weight excluding hydrogens is 316 g/mol. The molecule has 1 N–H and O–H groups in total. The standard InChI is InChI=1S/C16H20N2O4S/c1-5-22-16(19)15-9-13(10-18(15)4)23(20,21)17-14-7-6-11(2)8-12(14)3/h6-10,17H,5H2,1-4H3. The van der Waals surface area contributed by atoms with E-state index in [1.54, 1.807) is 20.0 Å². The second-order valence-electron chi connectivity index (χ2n) is 5.32. The maximum atomic E-state index is 12.5. The van der Waals surface area contributed by atoms with E-state index in [1.807, 2.05) is 26.0 Å². The van der Waals surface area contributed by atoms with Crippen molar-refractivity contribution in [1.82, 2.24) is 4.57 Å². The summed E-state index contributed by atoms with van der Waals surface area (Å²) >= 11 is 0. The van der Waals surface area contributed by atoms with E-state index < -0.39 is 16.0 Å². The lowest BCUT2D eigenvalue weighted by molar-refractivity contribution is 0.0515. The molecule has 1 heterocycles. The maximum absolute atomic E-state index is 12.5. The number of carbonyl (C=O) groups excluding carboxylic acids is 1. The zero-order valence-corrected chi connectivity index (χ0v) is 14.4. The normalized spacial score (nSPS) is 11.3. The molecule has 0 spiro atoms. The molecule has 0 fully saturated rings. The van der Waals surface area contributed by atoms with Gasteiger partial charge in [0.1, 0.15) is 10.6 Å². The van der Waals surface area contributed by atoms with Gasteiger partial charge in [0, 0.05) is 13.2 Å². The molecule has 0 atom stereocenters. The van der Waals surface area contributed by atoms with Crippen LogP contribution in [0.1, 0.15) is 28.5 Å². The number of hydrogen-bond donors (Lipinski definition) is 1. The van der Waals surface area contributed by atoms with Crippen molar-refractivity contribution in [3.63, 3.8) is 0 Å². The van der Waals surface area contributed by atoms with Gasteiger partial charge in [-0.2, -0.15) is 0 Å². The van der Waals surface area contributed by atoms with Crippen molar-refractivity contribution < 1.29 is 17.9 Å². The molecule has 0 saturated heterocycles. The number of rotatable bonds is 5. The Labute approximate surface area is 136 Å². The fourth-order valence-electron chi connectivity index (χ4n) is 2.22. The van der Waals surface area contributed by atoms with E-state index in [1.165, 1.54) is 16.8 Å². The average Bonchev–Trinajstić information content (AvgIpc) is 2.85. The highest BCUT2D eigenvalue weighted by atomic mass is 32.2. The van der Waals surface area contributed by atoms with E-state index in [9.17, 15) is 13.2 Å². The predicted molar refractivity (Wildman–Crippen MR) is 88.1 cm³/mol. The summed E-state index contributed by atoms with van der Waals surface area (Å²) in [6.45, 7) is 5.70. The molecule has 2 rings (SSSR count). The molecule has 0 aliphatic rings. The number of aromatic nitrogens is 1. The number of ether oxygens (including phenoxy) is 1. The highest BCUT2D eigenvalue weighted by Crippen LogP contribution is 2.22. The summed E-state index contributed by atoms with van der Waals surface area (Å²) in [6.07, 6.45) is 1.39. The van der Waals surface area contributed by atoms with Crippen molar-refractivity contribution in [3.8, 4) is 0 Å². The third-order valence-corrected chi connectivity index (χ3v) is 4.73. The zero-order chi connectivity index (χ0) is 17.2. The zero-order valence-electron chi connectivity index (χ0n) is 13.6. The average molecular weight is 336 g/mol. The van der Waals surface area contributed by atoms with Gasteiger partial charge in [0.25, 0.3) is 10.0 Å². The van der Waals surface area contributed by atoms with Crippen LogP contribution in [0.5, 0.6) is 0 Å². The monoisotopic (exact) mass is 336 g/mol. The largest absolute Gasteiger partial charge is 0.461 e. The number of benzene rings is 1. The molecule has 23 heavy (non-hydrogen) atoms. The van der Waals surface area contributed by atoms with Crippen LogP contribution in [0.4, 0.5) is 5.69 Å². The van der Waals surface area contributed by atoms with Gasteiger partial charge in [0.2, 0.25) is 0 Å². The van der Waals surface area contributed by atoms with Crippen LogP contribution in [0.2, 0.25) is 0 Å². The second kappa shape index (κ2) is 6.45. The summed E-state index contributed by atoms with van der Waals surface area (Å²) in [5.74, 6) is -0.553. The van der Waals surface area contributed by atoms with Crippen LogP contribution >= 0.6 is 0 Å². The smallest absolute Gasteiger partial charge is 0.354 e. The molecular formula is C16H20N2O4S. The first kappa shape index (κ1) is 17.1. The minimum atomic E-state index is -3.78. The van der Waals surface area contributed by atoms with Crippen molar-refractivity contribution in [2.45, 2.75) is 25.7 Å². The van der Waals surface area contributed by atoms with Gasteiger partial charge in [-0.1, -0.05) is 17.7 Å². The summed E-state index contributed by atoms with van der Waals surface area (Å²) in [5, 5.41) is 0. The van der Waals surface area contributed by atoms with Gasteiger partial charge in [-0.3, -0.25) is 4.72 Å². The Morgan fingerprint density at radius 1 is 1.26 bits per heavy atom. The van der Waals surface area contributed by atoms with Gasteiger partial charge in [-0.25, -0.2) is 13.2 Å². The molecule has 0 aliphatic carbocycles. The molecule has 0 unspecified atom stereocenters. The molecule has 0 amide bonds. The van der Waals surface area contributed by atoms with Gasteiger partial charge in [0.15, 0.2) is 0 Å². The Morgan fingerprint density at radius 2 is 1.96 bits per heavy atom. The highest BCUT2D eigenvalue weighted by Gasteiger charge is 2.21. The van der Waals surface area contributed by atoms with Crippen LogP contribution in [0.25, 0.3) is 0 Å². The topological polar surface area (TPSA) is 77.4 Å². The van der Waals surface area contributed by atoms with Crippen LogP contribution in [0.3, 0.4) is 0 Å². The molecule has 0 aliphatic heterocycles. The number of sulfonamides is 1. The molecule has 7 heteroatoms. The van der Waals surface area contributed by atoms with Gasteiger partial charge in [-0.15, -0.1) is 0 Å². The number of nitrogens with zero attached hydrogens (tertiary/aromatic N) is 1. The molecule has 2 aromatic rings. The number of hydrogen-bond acceptors (Lipinski definition) is 4. The molecule has 6 nitrogen and oxygen atoms in total. The Bertz CT molecular complexity index is 838. The predicted octanol–water partition coefficient (Wildman–Crippen LogP) is 2.62. The van der Waals surface area contributed by atoms with Gasteiger partial charge in [-0.05, 0) is 38.5 Å². The lowest BCUT2D eigenvalue weighted by Gasteiger charge is -2.10. The van der Waals surface area contributed by atoms with E-state index in [0.29, 0.717) is 5.69 Å². The van der Waals surface area contributed by atoms with E-state index in [2.05, 4.69) is 4.72 Å². The summed E-state index contributed by atoms with van der Waals surface area (Å²) in [5.41, 5.74) is 2.58. The van der Waals surface area contributed by atoms with E-state index >= 15 is 0 Å². The fourth-order valence-corrected chi connectivity index (χ4v) is 3.42. The van der Waals surface area contributed by atoms with Crippen molar-refractivity contribution in [3.05, 3.63) is 47.3 Å². The van der Waals surface area contributed by atoms with Crippen LogP contribution in [-0.2, 0) is 21.8 Å². The van der Waals surface area contributed by atoms with E-state index in [4.69, 9.17) is 4.74 Å². The van der Waals surface area contributed by atoms with Crippen LogP contribution in [0.15, 0.2) is 35.4 Å². The Hall–Kier alpha value is -2.28. The maximum Gasteiger partial charge on any atom is 0.354 e. The number of carbonyl (C=O) groups is 1. The first-order valence-electron chi connectivity index (χ1n) is 7.18. The molecule has 0 saturated carbocycles. The summed E-state index contributed by atoms with van der Waals surface area (Å²) in [4.78, 5) is 11.8. The van der Waals surface area contributed by atoms with Crippen molar-refractivity contribution >= 4 is 21.7 Å². The molecule has 124 valence electrons. The first-order valence-corrected chi connectivity index (χ1v) is 8.66. The minimum absolute atomic E-state index is 0.0167. The van der Waals surface area contributed by atoms with Crippen LogP contribution < -0.4 is 4.72 Å². The van der Waals surface area contributed by atoms with Crippen molar-refractivity contribution in [2.75, 3.05) is 11.3 Å². The number of nitrogens with one attached hydrogen (secondary N) is 1. The third kappa shape index (κ3) is 3.73. The van der Waals surface area contributed by atoms with E-state index in [0.717, 1.165) is 11.1 Å². The van der Waals surface area contributed by atoms with Crippen molar-refractivity contribution in [2.24, 2.45) is 7.05 Å². The van der Waals surface area contributed by atoms with Crippen LogP contribution in [-0.4, -0.2) is 25.6 Å². The summed E-state index contributed by atoms with van der Waals surface area (Å²) in [7, 11) is -2.18. The lowest BCUT2D eigenvalue weighted by Crippen LogP contribution is -2.13.